The number of benzene rings is 1. The van der Waals surface area contributed by atoms with Crippen LogP contribution in [-0.4, -0.2) is 27.7 Å². The van der Waals surface area contributed by atoms with E-state index >= 15 is 0 Å². The number of aromatic carboxylic acids is 1. The second-order valence-corrected chi connectivity index (χ2v) is 3.13. The molecule has 0 radical (unpaired) electrons. The third-order valence-electron chi connectivity index (χ3n) is 2.06. The van der Waals surface area contributed by atoms with Gasteiger partial charge in [-0.15, -0.1) is 0 Å². The van der Waals surface area contributed by atoms with Crippen LogP contribution in [-0.2, 0) is 0 Å². The Kier molecular flexibility index (Phi) is 2.47. The van der Waals surface area contributed by atoms with Crippen molar-refractivity contribution in [2.24, 2.45) is 0 Å². The van der Waals surface area contributed by atoms with Crippen LogP contribution in [0.3, 0.4) is 0 Å². The lowest BCUT2D eigenvalue weighted by Gasteiger charge is -1.95. The molecule has 0 amide bonds. The van der Waals surface area contributed by atoms with Gasteiger partial charge >= 0.3 is 5.97 Å². The molecule has 0 aliphatic heterocycles. The standard InChI is InChI=1S/C10H9FN2O3/c1-2-16-10-12-7-3-5(9(14)15)6(11)4-8(7)13-10/h3-4H,2H2,1H3,(H,12,13)(H,14,15). The number of nitrogens with one attached hydrogen (secondary N) is 1. The lowest BCUT2D eigenvalue weighted by atomic mass is 10.2. The lowest BCUT2D eigenvalue weighted by molar-refractivity contribution is 0.0692. The molecule has 1 aromatic carbocycles. The van der Waals surface area contributed by atoms with Crippen molar-refractivity contribution in [1.82, 2.24) is 9.97 Å². The van der Waals surface area contributed by atoms with Gasteiger partial charge in [-0.05, 0) is 13.0 Å². The molecule has 0 unspecified atom stereocenters. The number of nitrogens with zero attached hydrogens (tertiary/aromatic N) is 1. The molecule has 2 rings (SSSR count). The maximum Gasteiger partial charge on any atom is 0.338 e. The zero-order valence-corrected chi connectivity index (χ0v) is 8.45. The molecule has 1 aromatic heterocycles. The van der Waals surface area contributed by atoms with Gasteiger partial charge in [0.1, 0.15) is 5.82 Å². The number of hydrogen-bond donors (Lipinski definition) is 2. The van der Waals surface area contributed by atoms with Gasteiger partial charge in [-0.3, -0.25) is 0 Å². The van der Waals surface area contributed by atoms with E-state index in [4.69, 9.17) is 9.84 Å². The molecule has 0 aliphatic carbocycles. The Morgan fingerprint density at radius 3 is 3.00 bits per heavy atom. The average molecular weight is 224 g/mol. The summed E-state index contributed by atoms with van der Waals surface area (Å²) in [5.74, 6) is -2.12. The Morgan fingerprint density at radius 1 is 1.62 bits per heavy atom. The van der Waals surface area contributed by atoms with Crippen molar-refractivity contribution in [3.63, 3.8) is 0 Å². The first-order valence-corrected chi connectivity index (χ1v) is 4.67. The van der Waals surface area contributed by atoms with E-state index < -0.39 is 17.3 Å². The van der Waals surface area contributed by atoms with Gasteiger partial charge in [0.05, 0.1) is 23.2 Å². The fourth-order valence-corrected chi connectivity index (χ4v) is 1.38. The van der Waals surface area contributed by atoms with E-state index in [1.807, 2.05) is 0 Å². The number of fused-ring (bicyclic) bond motifs is 1. The molecule has 2 aromatic rings. The third-order valence-corrected chi connectivity index (χ3v) is 2.06. The van der Waals surface area contributed by atoms with Crippen molar-refractivity contribution in [2.75, 3.05) is 6.61 Å². The molecule has 0 fully saturated rings. The molecule has 0 bridgehead atoms. The van der Waals surface area contributed by atoms with Gasteiger partial charge in [0.25, 0.3) is 6.01 Å². The predicted octanol–water partition coefficient (Wildman–Crippen LogP) is 1.80. The Bertz CT molecular complexity index is 550. The third kappa shape index (κ3) is 1.69. The van der Waals surface area contributed by atoms with Crippen molar-refractivity contribution in [1.29, 1.82) is 0 Å². The first-order valence-electron chi connectivity index (χ1n) is 4.67. The maximum absolute atomic E-state index is 13.3. The topological polar surface area (TPSA) is 75.2 Å². The zero-order valence-electron chi connectivity index (χ0n) is 8.45. The van der Waals surface area contributed by atoms with E-state index in [1.54, 1.807) is 6.92 Å². The highest BCUT2D eigenvalue weighted by atomic mass is 19.1. The van der Waals surface area contributed by atoms with Crippen LogP contribution in [0.15, 0.2) is 12.1 Å². The number of imidazole rings is 1. The van der Waals surface area contributed by atoms with Gasteiger partial charge in [-0.2, -0.15) is 4.98 Å². The Morgan fingerprint density at radius 2 is 2.38 bits per heavy atom. The number of H-pyrrole nitrogens is 1. The molecular weight excluding hydrogens is 215 g/mol. The van der Waals surface area contributed by atoms with E-state index in [1.165, 1.54) is 6.07 Å². The van der Waals surface area contributed by atoms with Crippen LogP contribution in [0.1, 0.15) is 17.3 Å². The predicted molar refractivity (Wildman–Crippen MR) is 54.2 cm³/mol. The molecule has 0 saturated heterocycles. The number of carbonyl (C=O) groups is 1. The molecule has 6 heteroatoms. The Hall–Kier alpha value is -2.11. The molecule has 84 valence electrons. The van der Waals surface area contributed by atoms with Gasteiger partial charge in [0, 0.05) is 6.07 Å². The van der Waals surface area contributed by atoms with Crippen molar-refractivity contribution < 1.29 is 19.0 Å². The molecule has 0 spiro atoms. The smallest absolute Gasteiger partial charge is 0.338 e. The summed E-state index contributed by atoms with van der Waals surface area (Å²) in [7, 11) is 0. The van der Waals surface area contributed by atoms with Crippen LogP contribution in [0.2, 0.25) is 0 Å². The zero-order chi connectivity index (χ0) is 11.7. The largest absolute Gasteiger partial charge is 0.478 e. The first kappa shape index (κ1) is 10.4. The summed E-state index contributed by atoms with van der Waals surface area (Å²) in [4.78, 5) is 17.4. The number of carboxylic acid groups (broad SMARTS) is 1. The quantitative estimate of drug-likeness (QED) is 0.833. The second kappa shape index (κ2) is 3.80. The van der Waals surface area contributed by atoms with E-state index in [9.17, 15) is 9.18 Å². The summed E-state index contributed by atoms with van der Waals surface area (Å²) >= 11 is 0. The molecule has 16 heavy (non-hydrogen) atoms. The summed E-state index contributed by atoms with van der Waals surface area (Å²) in [5.41, 5.74) is 0.371. The Labute approximate surface area is 89.9 Å². The minimum atomic E-state index is -1.32. The Balaban J connectivity index is 2.56. The number of hydrogen-bond acceptors (Lipinski definition) is 3. The van der Waals surface area contributed by atoms with Crippen LogP contribution in [0.4, 0.5) is 4.39 Å². The minimum Gasteiger partial charge on any atom is -0.478 e. The van der Waals surface area contributed by atoms with Gasteiger partial charge in [0.2, 0.25) is 0 Å². The summed E-state index contributed by atoms with van der Waals surface area (Å²) in [6, 6.07) is 2.51. The van der Waals surface area contributed by atoms with Crippen LogP contribution in [0, 0.1) is 5.82 Å². The highest BCUT2D eigenvalue weighted by Gasteiger charge is 2.14. The van der Waals surface area contributed by atoms with E-state index in [2.05, 4.69) is 9.97 Å². The van der Waals surface area contributed by atoms with Gasteiger partial charge < -0.3 is 14.8 Å². The number of carboxylic acids is 1. The molecule has 5 nitrogen and oxygen atoms in total. The summed E-state index contributed by atoms with van der Waals surface area (Å²) in [5, 5.41) is 8.73. The number of ether oxygens (including phenoxy) is 1. The van der Waals surface area contributed by atoms with Crippen LogP contribution in [0.25, 0.3) is 11.0 Å². The van der Waals surface area contributed by atoms with Crippen LogP contribution in [0.5, 0.6) is 6.01 Å². The molecule has 0 atom stereocenters. The maximum atomic E-state index is 13.3. The summed E-state index contributed by atoms with van der Waals surface area (Å²) < 4.78 is 18.4. The number of aromatic amines is 1. The molecule has 0 saturated carbocycles. The molecule has 1 heterocycles. The summed E-state index contributed by atoms with van der Waals surface area (Å²) in [6.07, 6.45) is 0. The molecule has 2 N–H and O–H groups in total. The van der Waals surface area contributed by atoms with E-state index in [0.29, 0.717) is 17.6 Å². The molecular formula is C10H9FN2O3. The van der Waals surface area contributed by atoms with E-state index in [-0.39, 0.29) is 6.01 Å². The van der Waals surface area contributed by atoms with Crippen molar-refractivity contribution in [3.05, 3.63) is 23.5 Å². The monoisotopic (exact) mass is 224 g/mol. The fraction of sp³-hybridized carbons (Fsp3) is 0.200. The van der Waals surface area contributed by atoms with Gasteiger partial charge in [-0.25, -0.2) is 9.18 Å². The number of halogens is 1. The van der Waals surface area contributed by atoms with Crippen LogP contribution >= 0.6 is 0 Å². The number of aromatic nitrogens is 2. The SMILES string of the molecule is CCOc1nc2cc(C(=O)O)c(F)cc2[nH]1. The lowest BCUT2D eigenvalue weighted by Crippen LogP contribution is -1.99. The fourth-order valence-electron chi connectivity index (χ4n) is 1.38. The average Bonchev–Trinajstić information content (AvgIpc) is 2.58. The first-order chi connectivity index (χ1) is 7.61. The minimum absolute atomic E-state index is 0.249. The summed E-state index contributed by atoms with van der Waals surface area (Å²) in [6.45, 7) is 2.21. The van der Waals surface area contributed by atoms with Gasteiger partial charge in [0.15, 0.2) is 0 Å². The normalized spacial score (nSPS) is 10.6. The molecule has 0 aliphatic rings. The van der Waals surface area contributed by atoms with Crippen molar-refractivity contribution in [3.8, 4) is 6.01 Å². The van der Waals surface area contributed by atoms with E-state index in [0.717, 1.165) is 6.07 Å². The van der Waals surface area contributed by atoms with Crippen molar-refractivity contribution in [2.45, 2.75) is 6.92 Å². The number of rotatable bonds is 3. The highest BCUT2D eigenvalue weighted by molar-refractivity contribution is 5.92. The van der Waals surface area contributed by atoms with Crippen LogP contribution < -0.4 is 4.74 Å². The second-order valence-electron chi connectivity index (χ2n) is 3.13. The van der Waals surface area contributed by atoms with Crippen molar-refractivity contribution >= 4 is 17.0 Å². The van der Waals surface area contributed by atoms with Gasteiger partial charge in [-0.1, -0.05) is 0 Å². The highest BCUT2D eigenvalue weighted by Crippen LogP contribution is 2.20.